The minimum absolute atomic E-state index is 0.200. The molecule has 0 radical (unpaired) electrons. The number of halogens is 14. The quantitative estimate of drug-likeness (QED) is 0.0792. The van der Waals surface area contributed by atoms with Crippen LogP contribution >= 0.6 is 22.6 Å². The molecule has 0 spiro atoms. The van der Waals surface area contributed by atoms with Gasteiger partial charge in [0.2, 0.25) is 0 Å². The molecule has 0 aromatic heterocycles. The summed E-state index contributed by atoms with van der Waals surface area (Å²) < 4.78 is 169. The van der Waals surface area contributed by atoms with E-state index < -0.39 is 45.6 Å². The van der Waals surface area contributed by atoms with E-state index in [9.17, 15) is 57.1 Å². The van der Waals surface area contributed by atoms with E-state index in [1.165, 1.54) is 22.6 Å². The fourth-order valence-electron chi connectivity index (χ4n) is 2.92. The van der Waals surface area contributed by atoms with Gasteiger partial charge in [-0.05, 0) is 6.42 Å². The summed E-state index contributed by atoms with van der Waals surface area (Å²) >= 11 is 1.22. The van der Waals surface area contributed by atoms with Gasteiger partial charge in [-0.1, -0.05) is 81.4 Å². The van der Waals surface area contributed by atoms with Gasteiger partial charge in [0.25, 0.3) is 0 Å². The van der Waals surface area contributed by atoms with Gasteiger partial charge in [-0.2, -0.15) is 57.1 Å². The molecule has 0 N–H and O–H groups in total. The predicted molar refractivity (Wildman–Crippen MR) is 100 cm³/mol. The molecule has 0 rings (SSSR count). The average Bonchev–Trinajstić information content (AvgIpc) is 2.58. The van der Waals surface area contributed by atoms with Crippen molar-refractivity contribution in [3.05, 3.63) is 0 Å². The van der Waals surface area contributed by atoms with Crippen molar-refractivity contribution in [2.75, 3.05) is 0 Å². The molecule has 32 heavy (non-hydrogen) atoms. The fourth-order valence-corrected chi connectivity index (χ4v) is 3.78. The lowest BCUT2D eigenvalue weighted by molar-refractivity contribution is -0.440. The summed E-state index contributed by atoms with van der Waals surface area (Å²) in [6, 6.07) is 0. The molecule has 0 nitrogen and oxygen atoms in total. The molecule has 14 heteroatoms. The third kappa shape index (κ3) is 6.70. The maximum Gasteiger partial charge on any atom is 0.460 e. The highest BCUT2D eigenvalue weighted by molar-refractivity contribution is 14.1. The Balaban J connectivity index is 5.49. The smallest absolute Gasteiger partial charge is 0.200 e. The largest absolute Gasteiger partial charge is 0.460 e. The van der Waals surface area contributed by atoms with E-state index in [1.807, 2.05) is 6.92 Å². The maximum absolute atomic E-state index is 14.0. The Hall–Kier alpha value is -0.180. The van der Waals surface area contributed by atoms with Crippen LogP contribution in [-0.2, 0) is 0 Å². The summed E-state index contributed by atoms with van der Waals surface area (Å²) in [4.78, 5) is 0. The molecule has 1 unspecified atom stereocenters. The minimum atomic E-state index is -7.84. The topological polar surface area (TPSA) is 0 Å². The first-order valence-electron chi connectivity index (χ1n) is 9.66. The first-order valence-corrected chi connectivity index (χ1v) is 10.7. The molecule has 0 amide bonds. The van der Waals surface area contributed by atoms with Crippen LogP contribution in [0.4, 0.5) is 57.1 Å². The molecule has 0 aliphatic heterocycles. The molecular formula is C18H24F13I. The molecule has 0 aromatic rings. The fraction of sp³-hybridized carbons (Fsp3) is 1.00. The molecule has 0 aliphatic carbocycles. The Bertz CT molecular complexity index is 582. The summed E-state index contributed by atoms with van der Waals surface area (Å²) in [6.45, 7) is 2.91. The first-order chi connectivity index (χ1) is 14.0. The Labute approximate surface area is 190 Å². The molecule has 0 aliphatic rings. The van der Waals surface area contributed by atoms with Crippen molar-refractivity contribution >= 4 is 22.6 Å². The second-order valence-electron chi connectivity index (χ2n) is 7.96. The molecule has 0 saturated heterocycles. The summed E-state index contributed by atoms with van der Waals surface area (Å²) in [5.74, 6) is -36.5. The zero-order valence-electron chi connectivity index (χ0n) is 17.2. The van der Waals surface area contributed by atoms with Crippen molar-refractivity contribution < 1.29 is 57.1 Å². The third-order valence-electron chi connectivity index (χ3n) is 4.89. The van der Waals surface area contributed by atoms with Gasteiger partial charge in [-0.25, -0.2) is 0 Å². The van der Waals surface area contributed by atoms with Crippen molar-refractivity contribution in [2.45, 2.75) is 111 Å². The molecule has 0 heterocycles. The van der Waals surface area contributed by atoms with Crippen LogP contribution in [0.15, 0.2) is 0 Å². The molecule has 0 bridgehead atoms. The number of rotatable bonds is 14. The van der Waals surface area contributed by atoms with Gasteiger partial charge in [0.15, 0.2) is 0 Å². The molecule has 0 fully saturated rings. The van der Waals surface area contributed by atoms with E-state index in [0.29, 0.717) is 12.8 Å². The number of hydrogen-bond donors (Lipinski definition) is 0. The van der Waals surface area contributed by atoms with Crippen LogP contribution in [0.2, 0.25) is 0 Å². The lowest BCUT2D eigenvalue weighted by Crippen LogP contribution is -2.70. The van der Waals surface area contributed by atoms with Crippen LogP contribution < -0.4 is 0 Å². The molecule has 1 atom stereocenters. The van der Waals surface area contributed by atoms with Crippen LogP contribution in [0.25, 0.3) is 0 Å². The lowest BCUT2D eigenvalue weighted by atomic mass is 9.88. The van der Waals surface area contributed by atoms with E-state index >= 15 is 0 Å². The summed E-state index contributed by atoms with van der Waals surface area (Å²) in [5.41, 5.74) is 0. The van der Waals surface area contributed by atoms with Crippen molar-refractivity contribution in [2.24, 2.45) is 0 Å². The van der Waals surface area contributed by atoms with Crippen LogP contribution in [-0.4, -0.2) is 39.2 Å². The maximum atomic E-state index is 14.0. The normalized spacial score (nSPS) is 16.9. The Morgan fingerprint density at radius 1 is 0.531 bits per heavy atom. The van der Waals surface area contributed by atoms with E-state index in [4.69, 9.17) is 0 Å². The van der Waals surface area contributed by atoms with E-state index in [-0.39, 0.29) is 12.8 Å². The van der Waals surface area contributed by atoms with Gasteiger partial charge in [0, 0.05) is 9.84 Å². The highest BCUT2D eigenvalue weighted by Crippen LogP contribution is 2.61. The molecule has 194 valence electrons. The third-order valence-corrected chi connectivity index (χ3v) is 5.81. The summed E-state index contributed by atoms with van der Waals surface area (Å²) in [6.07, 6.45) is -4.74. The first kappa shape index (κ1) is 31.8. The SMILES string of the molecule is CCCCCCCCCC(C)(I)CC(F)(F)C(F)(F)C(F)(F)C(F)(F)C(F)(F)C(F)(F)F. The van der Waals surface area contributed by atoms with Crippen molar-refractivity contribution in [1.82, 2.24) is 0 Å². The van der Waals surface area contributed by atoms with Crippen LogP contribution in [0, 0.1) is 0 Å². The van der Waals surface area contributed by atoms with Crippen LogP contribution in [0.1, 0.15) is 71.6 Å². The van der Waals surface area contributed by atoms with E-state index in [0.717, 1.165) is 32.6 Å². The van der Waals surface area contributed by atoms with E-state index in [1.54, 1.807) is 0 Å². The van der Waals surface area contributed by atoms with Crippen molar-refractivity contribution in [3.63, 3.8) is 0 Å². The molecular weight excluding hydrogens is 590 g/mol. The highest BCUT2D eigenvalue weighted by atomic mass is 127. The van der Waals surface area contributed by atoms with Crippen molar-refractivity contribution in [1.29, 1.82) is 0 Å². The molecule has 0 saturated carbocycles. The van der Waals surface area contributed by atoms with Gasteiger partial charge in [0.1, 0.15) is 0 Å². The van der Waals surface area contributed by atoms with Gasteiger partial charge in [-0.15, -0.1) is 0 Å². The Morgan fingerprint density at radius 3 is 1.31 bits per heavy atom. The van der Waals surface area contributed by atoms with Crippen LogP contribution in [0.5, 0.6) is 0 Å². The van der Waals surface area contributed by atoms with Gasteiger partial charge in [-0.3, -0.25) is 0 Å². The zero-order valence-corrected chi connectivity index (χ0v) is 19.3. The number of unbranched alkanes of at least 4 members (excludes halogenated alkanes) is 6. The lowest BCUT2D eigenvalue weighted by Gasteiger charge is -2.41. The summed E-state index contributed by atoms with van der Waals surface area (Å²) in [7, 11) is 0. The number of alkyl halides is 14. The minimum Gasteiger partial charge on any atom is -0.200 e. The van der Waals surface area contributed by atoms with Gasteiger partial charge in [0.05, 0.1) is 0 Å². The summed E-state index contributed by atoms with van der Waals surface area (Å²) in [5, 5.41) is 0. The molecule has 0 aromatic carbocycles. The van der Waals surface area contributed by atoms with Crippen molar-refractivity contribution in [3.8, 4) is 0 Å². The van der Waals surface area contributed by atoms with E-state index in [2.05, 4.69) is 0 Å². The second-order valence-corrected chi connectivity index (χ2v) is 10.6. The Morgan fingerprint density at radius 2 is 0.906 bits per heavy atom. The highest BCUT2D eigenvalue weighted by Gasteiger charge is 2.90. The van der Waals surface area contributed by atoms with Crippen LogP contribution in [0.3, 0.4) is 0 Å². The standard InChI is InChI=1S/C18H24F13I/c1-3-4-5-6-7-8-9-10-12(2,32)11-13(19,20)14(21,22)15(23,24)16(25,26)17(27,28)18(29,30)31/h3-11H2,1-2H3. The zero-order chi connectivity index (χ0) is 25.9. The monoisotopic (exact) mass is 614 g/mol. The second kappa shape index (κ2) is 10.6. The van der Waals surface area contributed by atoms with Gasteiger partial charge < -0.3 is 0 Å². The van der Waals surface area contributed by atoms with Gasteiger partial charge >= 0.3 is 35.8 Å². The predicted octanol–water partition coefficient (Wildman–Crippen LogP) is 9.45. The number of hydrogen-bond acceptors (Lipinski definition) is 0. The Kier molecular flexibility index (Phi) is 10.6. The average molecular weight is 614 g/mol.